The van der Waals surface area contributed by atoms with Crippen LogP contribution in [0.1, 0.15) is 45.1 Å². The number of rotatable bonds is 7. The van der Waals surface area contributed by atoms with E-state index in [1.807, 2.05) is 49.1 Å². The summed E-state index contributed by atoms with van der Waals surface area (Å²) < 4.78 is 5.32. The Morgan fingerprint density at radius 2 is 1.92 bits per heavy atom. The first-order valence-electron chi connectivity index (χ1n) is 8.92. The predicted molar refractivity (Wildman–Crippen MR) is 95.3 cm³/mol. The van der Waals surface area contributed by atoms with Gasteiger partial charge >= 0.3 is 12.1 Å². The average molecular weight is 348 g/mol. The fourth-order valence-corrected chi connectivity index (χ4v) is 3.43. The van der Waals surface area contributed by atoms with Crippen molar-refractivity contribution in [1.82, 2.24) is 10.2 Å². The largest absolute Gasteiger partial charge is 0.480 e. The van der Waals surface area contributed by atoms with E-state index in [0.717, 1.165) is 31.2 Å². The van der Waals surface area contributed by atoms with E-state index in [9.17, 15) is 14.7 Å². The summed E-state index contributed by atoms with van der Waals surface area (Å²) >= 11 is 0. The van der Waals surface area contributed by atoms with E-state index in [4.69, 9.17) is 4.74 Å². The fourth-order valence-electron chi connectivity index (χ4n) is 3.43. The van der Waals surface area contributed by atoms with E-state index in [0.29, 0.717) is 0 Å². The van der Waals surface area contributed by atoms with Crippen LogP contribution in [0.4, 0.5) is 4.79 Å². The lowest BCUT2D eigenvalue weighted by molar-refractivity contribution is -0.139. The zero-order valence-electron chi connectivity index (χ0n) is 15.0. The molecule has 0 bridgehead atoms. The number of amides is 1. The smallest absolute Gasteiger partial charge is 0.407 e. The van der Waals surface area contributed by atoms with Crippen molar-refractivity contribution in [2.75, 3.05) is 6.54 Å². The molecule has 1 aromatic rings. The SMILES string of the molecule is CC(C)N(CC(=O)O)[C@H]1CCCC[C@@H]1NC(=O)OCc1ccccc1. The Balaban J connectivity index is 1.94. The summed E-state index contributed by atoms with van der Waals surface area (Å²) in [5, 5.41) is 12.1. The summed E-state index contributed by atoms with van der Waals surface area (Å²) in [5.74, 6) is -0.843. The van der Waals surface area contributed by atoms with Gasteiger partial charge in [-0.25, -0.2) is 4.79 Å². The van der Waals surface area contributed by atoms with Gasteiger partial charge < -0.3 is 15.2 Å². The summed E-state index contributed by atoms with van der Waals surface area (Å²) in [6.07, 6.45) is 3.35. The minimum Gasteiger partial charge on any atom is -0.480 e. The molecule has 2 N–H and O–H groups in total. The number of carboxylic acids is 1. The molecule has 1 aliphatic carbocycles. The highest BCUT2D eigenvalue weighted by molar-refractivity contribution is 5.69. The summed E-state index contributed by atoms with van der Waals surface area (Å²) in [5.41, 5.74) is 0.938. The molecule has 1 aromatic carbocycles. The minimum absolute atomic E-state index is 0.0143. The summed E-state index contributed by atoms with van der Waals surface area (Å²) in [7, 11) is 0. The lowest BCUT2D eigenvalue weighted by atomic mass is 9.88. The van der Waals surface area contributed by atoms with Crippen molar-refractivity contribution in [3.8, 4) is 0 Å². The van der Waals surface area contributed by atoms with Gasteiger partial charge in [0.2, 0.25) is 0 Å². The van der Waals surface area contributed by atoms with Gasteiger partial charge in [-0.1, -0.05) is 43.2 Å². The fraction of sp³-hybridized carbons (Fsp3) is 0.579. The Bertz CT molecular complexity index is 562. The number of carbonyl (C=O) groups is 2. The van der Waals surface area contributed by atoms with Gasteiger partial charge in [0, 0.05) is 18.1 Å². The third kappa shape index (κ3) is 6.05. The van der Waals surface area contributed by atoms with Crippen molar-refractivity contribution in [3.63, 3.8) is 0 Å². The maximum atomic E-state index is 12.2. The first-order valence-corrected chi connectivity index (χ1v) is 8.92. The van der Waals surface area contributed by atoms with Gasteiger partial charge in [0.05, 0.1) is 6.54 Å². The van der Waals surface area contributed by atoms with E-state index in [1.165, 1.54) is 0 Å². The first-order chi connectivity index (χ1) is 12.0. The second-order valence-electron chi connectivity index (χ2n) is 6.82. The molecule has 0 aromatic heterocycles. The molecule has 2 atom stereocenters. The van der Waals surface area contributed by atoms with E-state index < -0.39 is 12.1 Å². The minimum atomic E-state index is -0.843. The normalized spacial score (nSPS) is 20.5. The molecule has 1 fully saturated rings. The van der Waals surface area contributed by atoms with Crippen molar-refractivity contribution in [2.24, 2.45) is 0 Å². The van der Waals surface area contributed by atoms with Crippen LogP contribution in [0.5, 0.6) is 0 Å². The highest BCUT2D eigenvalue weighted by Crippen LogP contribution is 2.25. The van der Waals surface area contributed by atoms with Crippen molar-refractivity contribution >= 4 is 12.1 Å². The molecule has 0 aliphatic heterocycles. The molecule has 0 heterocycles. The van der Waals surface area contributed by atoms with Crippen LogP contribution in [-0.2, 0) is 16.1 Å². The molecule has 2 rings (SSSR count). The molecular weight excluding hydrogens is 320 g/mol. The molecule has 138 valence electrons. The van der Waals surface area contributed by atoms with Crippen LogP contribution in [0.15, 0.2) is 30.3 Å². The lowest BCUT2D eigenvalue weighted by Crippen LogP contribution is -2.56. The molecule has 0 saturated heterocycles. The predicted octanol–water partition coefficient (Wildman–Crippen LogP) is 3.02. The number of ether oxygens (including phenoxy) is 1. The summed E-state index contributed by atoms with van der Waals surface area (Å²) in [4.78, 5) is 25.3. The molecule has 0 spiro atoms. The zero-order valence-corrected chi connectivity index (χ0v) is 15.0. The van der Waals surface area contributed by atoms with Crippen LogP contribution in [0.25, 0.3) is 0 Å². The Hall–Kier alpha value is -2.08. The van der Waals surface area contributed by atoms with E-state index in [1.54, 1.807) is 0 Å². The number of nitrogens with one attached hydrogen (secondary N) is 1. The van der Waals surface area contributed by atoms with E-state index in [-0.39, 0.29) is 31.3 Å². The monoisotopic (exact) mass is 348 g/mol. The number of hydrogen-bond donors (Lipinski definition) is 2. The van der Waals surface area contributed by atoms with E-state index >= 15 is 0 Å². The molecular formula is C19H28N2O4. The van der Waals surface area contributed by atoms with Crippen molar-refractivity contribution in [1.29, 1.82) is 0 Å². The summed E-state index contributed by atoms with van der Waals surface area (Å²) in [6.45, 7) is 4.19. The number of carbonyl (C=O) groups excluding carboxylic acids is 1. The Labute approximate surface area is 149 Å². The maximum Gasteiger partial charge on any atom is 0.407 e. The molecule has 0 unspecified atom stereocenters. The van der Waals surface area contributed by atoms with Crippen LogP contribution in [-0.4, -0.2) is 46.7 Å². The second kappa shape index (κ2) is 9.42. The number of aliphatic carboxylic acids is 1. The van der Waals surface area contributed by atoms with Gasteiger partial charge in [-0.15, -0.1) is 0 Å². The Morgan fingerprint density at radius 1 is 1.24 bits per heavy atom. The van der Waals surface area contributed by atoms with Crippen LogP contribution in [0.2, 0.25) is 0 Å². The van der Waals surface area contributed by atoms with Crippen LogP contribution < -0.4 is 5.32 Å². The van der Waals surface area contributed by atoms with Gasteiger partial charge in [0.1, 0.15) is 6.61 Å². The molecule has 0 radical (unpaired) electrons. The standard InChI is InChI=1S/C19H28N2O4/c1-14(2)21(12-18(22)23)17-11-7-6-10-16(17)20-19(24)25-13-15-8-4-3-5-9-15/h3-5,8-9,14,16-17H,6-7,10-13H2,1-2H3,(H,20,24)(H,22,23)/t16-,17-/m0/s1. The van der Waals surface area contributed by atoms with Crippen LogP contribution >= 0.6 is 0 Å². The summed E-state index contributed by atoms with van der Waals surface area (Å²) in [6, 6.07) is 9.57. The molecule has 1 amide bonds. The molecule has 6 nitrogen and oxygen atoms in total. The third-order valence-electron chi connectivity index (χ3n) is 4.65. The molecule has 6 heteroatoms. The topological polar surface area (TPSA) is 78.9 Å². The number of nitrogens with zero attached hydrogens (tertiary/aromatic N) is 1. The highest BCUT2D eigenvalue weighted by atomic mass is 16.5. The van der Waals surface area contributed by atoms with Crippen LogP contribution in [0.3, 0.4) is 0 Å². The van der Waals surface area contributed by atoms with Crippen molar-refractivity contribution in [2.45, 2.75) is 64.3 Å². The Kier molecular flexibility index (Phi) is 7.25. The van der Waals surface area contributed by atoms with Gasteiger partial charge in [-0.3, -0.25) is 9.69 Å². The van der Waals surface area contributed by atoms with Gasteiger partial charge in [-0.2, -0.15) is 0 Å². The number of alkyl carbamates (subject to hydrolysis) is 1. The molecule has 1 saturated carbocycles. The van der Waals surface area contributed by atoms with Crippen molar-refractivity contribution in [3.05, 3.63) is 35.9 Å². The quantitative estimate of drug-likeness (QED) is 0.792. The van der Waals surface area contributed by atoms with Crippen LogP contribution in [0, 0.1) is 0 Å². The second-order valence-corrected chi connectivity index (χ2v) is 6.82. The number of carboxylic acid groups (broad SMARTS) is 1. The van der Waals surface area contributed by atoms with Gasteiger partial charge in [0.15, 0.2) is 0 Å². The van der Waals surface area contributed by atoms with Gasteiger partial charge in [-0.05, 0) is 32.3 Å². The zero-order chi connectivity index (χ0) is 18.2. The van der Waals surface area contributed by atoms with E-state index in [2.05, 4.69) is 5.32 Å². The van der Waals surface area contributed by atoms with Gasteiger partial charge in [0.25, 0.3) is 0 Å². The molecule has 1 aliphatic rings. The third-order valence-corrected chi connectivity index (χ3v) is 4.65. The lowest BCUT2D eigenvalue weighted by Gasteiger charge is -2.41. The highest BCUT2D eigenvalue weighted by Gasteiger charge is 2.33. The number of benzene rings is 1. The Morgan fingerprint density at radius 3 is 2.56 bits per heavy atom. The first kappa shape index (κ1) is 19.2. The molecule has 25 heavy (non-hydrogen) atoms. The maximum absolute atomic E-state index is 12.2. The van der Waals surface area contributed by atoms with Crippen molar-refractivity contribution < 1.29 is 19.4 Å². The number of hydrogen-bond acceptors (Lipinski definition) is 4. The average Bonchev–Trinajstić information content (AvgIpc) is 2.59.